The molecule has 1 saturated carbocycles. The fraction of sp³-hybridized carbons (Fsp3) is 1.00. The van der Waals surface area contributed by atoms with Crippen LogP contribution >= 0.6 is 0 Å². The van der Waals surface area contributed by atoms with Crippen molar-refractivity contribution in [2.45, 2.75) is 50.7 Å². The summed E-state index contributed by atoms with van der Waals surface area (Å²) in [5, 5.41) is 19.8. The van der Waals surface area contributed by atoms with Crippen LogP contribution < -0.4 is 0 Å². The van der Waals surface area contributed by atoms with Crippen LogP contribution in [0.25, 0.3) is 0 Å². The number of aliphatic hydroxyl groups is 2. The lowest BCUT2D eigenvalue weighted by molar-refractivity contribution is -0.0323. The van der Waals surface area contributed by atoms with Gasteiger partial charge in [0.25, 0.3) is 0 Å². The number of likely N-dealkylation sites (tertiary alicyclic amines) is 1. The standard InChI is InChI=1S/C12H23NO2/c1-10-2-5-12(15,6-3-10)9-13-7-4-11(14)8-13/h10-11,14-15H,2-9H2,1H3. The topological polar surface area (TPSA) is 43.7 Å². The van der Waals surface area contributed by atoms with Gasteiger partial charge in [-0.15, -0.1) is 0 Å². The zero-order chi connectivity index (χ0) is 10.9. The SMILES string of the molecule is CC1CCC(O)(CN2CCC(O)C2)CC1. The van der Waals surface area contributed by atoms with Gasteiger partial charge in [0.05, 0.1) is 11.7 Å². The Kier molecular flexibility index (Phi) is 3.33. The molecule has 0 aromatic heterocycles. The van der Waals surface area contributed by atoms with E-state index in [1.807, 2.05) is 0 Å². The van der Waals surface area contributed by atoms with Crippen LogP contribution in [0.3, 0.4) is 0 Å². The molecule has 2 aliphatic rings. The predicted octanol–water partition coefficient (Wildman–Crippen LogP) is 0.994. The summed E-state index contributed by atoms with van der Waals surface area (Å²) < 4.78 is 0. The molecule has 0 spiro atoms. The van der Waals surface area contributed by atoms with Crippen molar-refractivity contribution in [3.8, 4) is 0 Å². The van der Waals surface area contributed by atoms with Crippen LogP contribution in [0, 0.1) is 5.92 Å². The van der Waals surface area contributed by atoms with E-state index in [9.17, 15) is 10.2 Å². The van der Waals surface area contributed by atoms with E-state index in [2.05, 4.69) is 11.8 Å². The molecule has 2 fully saturated rings. The molecule has 15 heavy (non-hydrogen) atoms. The van der Waals surface area contributed by atoms with Crippen molar-refractivity contribution in [3.63, 3.8) is 0 Å². The molecule has 1 unspecified atom stereocenters. The molecule has 0 bridgehead atoms. The Hall–Kier alpha value is -0.120. The smallest absolute Gasteiger partial charge is 0.0774 e. The molecule has 1 aliphatic heterocycles. The van der Waals surface area contributed by atoms with Crippen LogP contribution in [0.4, 0.5) is 0 Å². The minimum atomic E-state index is -0.476. The largest absolute Gasteiger partial charge is 0.392 e. The van der Waals surface area contributed by atoms with Gasteiger partial charge in [-0.05, 0) is 38.0 Å². The number of rotatable bonds is 2. The maximum absolute atomic E-state index is 10.4. The highest BCUT2D eigenvalue weighted by molar-refractivity contribution is 4.89. The maximum atomic E-state index is 10.4. The van der Waals surface area contributed by atoms with E-state index in [1.54, 1.807) is 0 Å². The summed E-state index contributed by atoms with van der Waals surface area (Å²) in [5.41, 5.74) is -0.476. The molecule has 0 radical (unpaired) electrons. The van der Waals surface area contributed by atoms with Gasteiger partial charge < -0.3 is 10.2 Å². The minimum Gasteiger partial charge on any atom is -0.392 e. The van der Waals surface area contributed by atoms with Crippen LogP contribution in [0.2, 0.25) is 0 Å². The normalized spacial score (nSPS) is 43.4. The van der Waals surface area contributed by atoms with E-state index in [4.69, 9.17) is 0 Å². The van der Waals surface area contributed by atoms with Crippen LogP contribution in [0.15, 0.2) is 0 Å². The van der Waals surface area contributed by atoms with Gasteiger partial charge in [-0.3, -0.25) is 4.90 Å². The zero-order valence-electron chi connectivity index (χ0n) is 9.65. The molecule has 3 nitrogen and oxygen atoms in total. The Morgan fingerprint density at radius 2 is 1.93 bits per heavy atom. The van der Waals surface area contributed by atoms with Crippen LogP contribution in [-0.4, -0.2) is 46.5 Å². The summed E-state index contributed by atoms with van der Waals surface area (Å²) in [4.78, 5) is 2.21. The second-order valence-electron chi connectivity index (χ2n) is 5.58. The van der Waals surface area contributed by atoms with Gasteiger partial charge in [0, 0.05) is 19.6 Å². The average molecular weight is 213 g/mol. The van der Waals surface area contributed by atoms with E-state index in [0.29, 0.717) is 0 Å². The van der Waals surface area contributed by atoms with E-state index in [0.717, 1.165) is 57.7 Å². The summed E-state index contributed by atoms with van der Waals surface area (Å²) in [6.07, 6.45) is 4.85. The van der Waals surface area contributed by atoms with Gasteiger partial charge in [-0.25, -0.2) is 0 Å². The minimum absolute atomic E-state index is 0.170. The molecule has 0 amide bonds. The summed E-state index contributed by atoms with van der Waals surface area (Å²) in [5.74, 6) is 0.773. The van der Waals surface area contributed by atoms with Crippen molar-refractivity contribution in [2.24, 2.45) is 5.92 Å². The Morgan fingerprint density at radius 3 is 2.47 bits per heavy atom. The lowest BCUT2D eigenvalue weighted by Gasteiger charge is -2.37. The highest BCUT2D eigenvalue weighted by atomic mass is 16.3. The molecule has 2 N–H and O–H groups in total. The molecule has 88 valence electrons. The van der Waals surface area contributed by atoms with E-state index >= 15 is 0 Å². The van der Waals surface area contributed by atoms with Crippen LogP contribution in [0.1, 0.15) is 39.0 Å². The van der Waals surface area contributed by atoms with Gasteiger partial charge in [0.15, 0.2) is 0 Å². The Balaban J connectivity index is 1.82. The summed E-state index contributed by atoms with van der Waals surface area (Å²) in [6, 6.07) is 0. The molecular weight excluding hydrogens is 190 g/mol. The molecule has 1 aliphatic carbocycles. The molecule has 0 aromatic rings. The third-order valence-electron chi connectivity index (χ3n) is 3.97. The van der Waals surface area contributed by atoms with Crippen molar-refractivity contribution < 1.29 is 10.2 Å². The second kappa shape index (κ2) is 4.40. The Bertz CT molecular complexity index is 212. The Labute approximate surface area is 92.1 Å². The molecule has 1 atom stereocenters. The fourth-order valence-electron chi connectivity index (χ4n) is 2.83. The first-order chi connectivity index (χ1) is 7.07. The van der Waals surface area contributed by atoms with E-state index in [1.165, 1.54) is 0 Å². The van der Waals surface area contributed by atoms with Crippen molar-refractivity contribution >= 4 is 0 Å². The first kappa shape index (κ1) is 11.4. The monoisotopic (exact) mass is 213 g/mol. The summed E-state index contributed by atoms with van der Waals surface area (Å²) in [6.45, 7) is 4.72. The van der Waals surface area contributed by atoms with Crippen LogP contribution in [0.5, 0.6) is 0 Å². The fourth-order valence-corrected chi connectivity index (χ4v) is 2.83. The first-order valence-corrected chi connectivity index (χ1v) is 6.20. The molecule has 1 saturated heterocycles. The summed E-state index contributed by atoms with van der Waals surface area (Å²) >= 11 is 0. The highest BCUT2D eigenvalue weighted by Crippen LogP contribution is 2.32. The lowest BCUT2D eigenvalue weighted by Crippen LogP contribution is -2.44. The van der Waals surface area contributed by atoms with Gasteiger partial charge in [-0.2, -0.15) is 0 Å². The molecule has 1 heterocycles. The lowest BCUT2D eigenvalue weighted by atomic mass is 9.79. The van der Waals surface area contributed by atoms with Crippen molar-refractivity contribution in [3.05, 3.63) is 0 Å². The second-order valence-corrected chi connectivity index (χ2v) is 5.58. The van der Waals surface area contributed by atoms with Gasteiger partial charge in [0.2, 0.25) is 0 Å². The van der Waals surface area contributed by atoms with Crippen LogP contribution in [-0.2, 0) is 0 Å². The molecule has 0 aromatic carbocycles. The average Bonchev–Trinajstić information content (AvgIpc) is 2.57. The molecule has 3 heteroatoms. The third kappa shape index (κ3) is 2.92. The number of hydrogen-bond acceptors (Lipinski definition) is 3. The zero-order valence-corrected chi connectivity index (χ0v) is 9.65. The number of nitrogens with zero attached hydrogens (tertiary/aromatic N) is 1. The predicted molar refractivity (Wildman–Crippen MR) is 59.6 cm³/mol. The third-order valence-corrected chi connectivity index (χ3v) is 3.97. The van der Waals surface area contributed by atoms with E-state index < -0.39 is 5.60 Å². The van der Waals surface area contributed by atoms with Crippen molar-refractivity contribution in [1.82, 2.24) is 4.90 Å². The van der Waals surface area contributed by atoms with Gasteiger partial charge >= 0.3 is 0 Å². The van der Waals surface area contributed by atoms with Crippen molar-refractivity contribution in [2.75, 3.05) is 19.6 Å². The number of aliphatic hydroxyl groups excluding tert-OH is 1. The Morgan fingerprint density at radius 1 is 1.27 bits per heavy atom. The molecular formula is C12H23NO2. The van der Waals surface area contributed by atoms with Gasteiger partial charge in [-0.1, -0.05) is 6.92 Å². The van der Waals surface area contributed by atoms with Gasteiger partial charge in [0.1, 0.15) is 0 Å². The maximum Gasteiger partial charge on any atom is 0.0774 e. The highest BCUT2D eigenvalue weighted by Gasteiger charge is 2.35. The first-order valence-electron chi connectivity index (χ1n) is 6.20. The number of β-amino-alcohol motifs (C(OH)–C–C–N with tert-alkyl or cyclic N) is 2. The van der Waals surface area contributed by atoms with E-state index in [-0.39, 0.29) is 6.10 Å². The molecule has 2 rings (SSSR count). The quantitative estimate of drug-likeness (QED) is 0.719. The summed E-state index contributed by atoms with van der Waals surface area (Å²) in [7, 11) is 0. The van der Waals surface area contributed by atoms with Crippen molar-refractivity contribution in [1.29, 1.82) is 0 Å². The number of hydrogen-bond donors (Lipinski definition) is 2.